The van der Waals surface area contributed by atoms with E-state index in [4.69, 9.17) is 0 Å². The first-order valence-electron chi connectivity index (χ1n) is 7.08. The molecule has 8 heteroatoms. The Morgan fingerprint density at radius 1 is 1.43 bits per heavy atom. The average molecular weight is 381 g/mol. The highest BCUT2D eigenvalue weighted by Crippen LogP contribution is 2.20. The first-order chi connectivity index (χ1) is 10.9. The number of anilines is 1. The predicted octanol–water partition coefficient (Wildman–Crippen LogP) is 2.30. The molecule has 122 valence electrons. The molecule has 2 heterocycles. The van der Waals surface area contributed by atoms with Crippen molar-refractivity contribution in [1.82, 2.24) is 14.8 Å². The summed E-state index contributed by atoms with van der Waals surface area (Å²) in [4.78, 5) is 27.8. The van der Waals surface area contributed by atoms with Crippen molar-refractivity contribution in [2.24, 2.45) is 5.92 Å². The number of aromatic nitrogens is 3. The van der Waals surface area contributed by atoms with Gasteiger partial charge < -0.3 is 10.4 Å². The Morgan fingerprint density at radius 2 is 2.17 bits per heavy atom. The van der Waals surface area contributed by atoms with Gasteiger partial charge in [0.15, 0.2) is 5.82 Å². The summed E-state index contributed by atoms with van der Waals surface area (Å²) in [6.07, 6.45) is 3.41. The SMILES string of the molecule is CC(C)CC(Nc1cnn(-c2ccccn2)c(=O)c1Br)C(=O)O. The second-order valence-corrected chi connectivity index (χ2v) is 6.23. The zero-order chi connectivity index (χ0) is 17.0. The summed E-state index contributed by atoms with van der Waals surface area (Å²) in [6, 6.07) is 4.35. The molecular weight excluding hydrogens is 364 g/mol. The Kier molecular flexibility index (Phi) is 5.49. The first-order valence-corrected chi connectivity index (χ1v) is 7.88. The molecule has 0 aliphatic carbocycles. The van der Waals surface area contributed by atoms with Gasteiger partial charge in [0, 0.05) is 6.20 Å². The quantitative estimate of drug-likeness (QED) is 0.797. The monoisotopic (exact) mass is 380 g/mol. The molecule has 0 aliphatic heterocycles. The van der Waals surface area contributed by atoms with Gasteiger partial charge >= 0.3 is 5.97 Å². The third kappa shape index (κ3) is 4.16. The fraction of sp³-hybridized carbons (Fsp3) is 0.333. The summed E-state index contributed by atoms with van der Waals surface area (Å²) in [5, 5.41) is 16.2. The van der Waals surface area contributed by atoms with Crippen LogP contribution in [0.25, 0.3) is 5.82 Å². The van der Waals surface area contributed by atoms with E-state index in [1.54, 1.807) is 24.4 Å². The normalized spacial score (nSPS) is 12.2. The summed E-state index contributed by atoms with van der Waals surface area (Å²) in [5.41, 5.74) is -0.0717. The van der Waals surface area contributed by atoms with E-state index in [1.807, 2.05) is 13.8 Å². The maximum absolute atomic E-state index is 12.4. The zero-order valence-corrected chi connectivity index (χ0v) is 14.3. The van der Waals surface area contributed by atoms with Gasteiger partial charge in [0.25, 0.3) is 5.56 Å². The lowest BCUT2D eigenvalue weighted by Gasteiger charge is -2.18. The third-order valence-corrected chi connectivity index (χ3v) is 3.89. The molecule has 2 rings (SSSR count). The van der Waals surface area contributed by atoms with E-state index in [2.05, 4.69) is 31.3 Å². The molecule has 0 bridgehead atoms. The van der Waals surface area contributed by atoms with Crippen molar-refractivity contribution in [1.29, 1.82) is 0 Å². The molecule has 0 aromatic carbocycles. The number of aliphatic carboxylic acids is 1. The summed E-state index contributed by atoms with van der Waals surface area (Å²) >= 11 is 3.22. The molecule has 7 nitrogen and oxygen atoms in total. The van der Waals surface area contributed by atoms with E-state index in [9.17, 15) is 14.7 Å². The van der Waals surface area contributed by atoms with E-state index in [0.29, 0.717) is 17.9 Å². The van der Waals surface area contributed by atoms with E-state index in [0.717, 1.165) is 4.68 Å². The van der Waals surface area contributed by atoms with Crippen LogP contribution in [-0.4, -0.2) is 31.9 Å². The number of pyridine rings is 1. The highest BCUT2D eigenvalue weighted by atomic mass is 79.9. The molecule has 0 fully saturated rings. The Balaban J connectivity index is 2.34. The number of carboxylic acid groups (broad SMARTS) is 1. The highest BCUT2D eigenvalue weighted by Gasteiger charge is 2.21. The van der Waals surface area contributed by atoms with Crippen LogP contribution in [0.1, 0.15) is 20.3 Å². The van der Waals surface area contributed by atoms with Crippen molar-refractivity contribution < 1.29 is 9.90 Å². The number of hydrogen-bond acceptors (Lipinski definition) is 5. The van der Waals surface area contributed by atoms with Crippen LogP contribution < -0.4 is 10.9 Å². The number of carboxylic acids is 1. The van der Waals surface area contributed by atoms with Crippen molar-refractivity contribution in [2.75, 3.05) is 5.32 Å². The molecule has 1 unspecified atom stereocenters. The topological polar surface area (TPSA) is 97.1 Å². The minimum atomic E-state index is -0.973. The first kappa shape index (κ1) is 17.1. The molecule has 0 spiro atoms. The molecule has 1 atom stereocenters. The highest BCUT2D eigenvalue weighted by molar-refractivity contribution is 9.10. The van der Waals surface area contributed by atoms with Crippen LogP contribution in [0.3, 0.4) is 0 Å². The molecule has 2 aromatic heterocycles. The van der Waals surface area contributed by atoms with Crippen LogP contribution >= 0.6 is 15.9 Å². The molecular formula is C15H17BrN4O3. The molecule has 2 aromatic rings. The van der Waals surface area contributed by atoms with Crippen molar-refractivity contribution in [3.8, 4) is 5.82 Å². The molecule has 0 radical (unpaired) electrons. The van der Waals surface area contributed by atoms with Crippen molar-refractivity contribution in [2.45, 2.75) is 26.3 Å². The predicted molar refractivity (Wildman–Crippen MR) is 89.8 cm³/mol. The number of carbonyl (C=O) groups is 1. The second kappa shape index (κ2) is 7.36. The minimum Gasteiger partial charge on any atom is -0.480 e. The van der Waals surface area contributed by atoms with Gasteiger partial charge in [-0.2, -0.15) is 9.78 Å². The fourth-order valence-electron chi connectivity index (χ4n) is 2.06. The van der Waals surface area contributed by atoms with Crippen molar-refractivity contribution in [3.63, 3.8) is 0 Å². The summed E-state index contributed by atoms with van der Waals surface area (Å²) < 4.78 is 1.36. The van der Waals surface area contributed by atoms with Crippen molar-refractivity contribution in [3.05, 3.63) is 45.4 Å². The molecule has 0 saturated carbocycles. The third-order valence-electron chi connectivity index (χ3n) is 3.12. The van der Waals surface area contributed by atoms with Crippen LogP contribution in [0.5, 0.6) is 0 Å². The van der Waals surface area contributed by atoms with E-state index < -0.39 is 17.6 Å². The van der Waals surface area contributed by atoms with Gasteiger partial charge in [0.1, 0.15) is 10.5 Å². The van der Waals surface area contributed by atoms with Crippen LogP contribution in [0.15, 0.2) is 39.9 Å². The minimum absolute atomic E-state index is 0.198. The van der Waals surface area contributed by atoms with E-state index >= 15 is 0 Å². The summed E-state index contributed by atoms with van der Waals surface area (Å²) in [7, 11) is 0. The number of halogens is 1. The van der Waals surface area contributed by atoms with E-state index in [-0.39, 0.29) is 10.4 Å². The largest absolute Gasteiger partial charge is 0.480 e. The van der Waals surface area contributed by atoms with Crippen molar-refractivity contribution >= 4 is 27.6 Å². The van der Waals surface area contributed by atoms with Gasteiger partial charge in [-0.3, -0.25) is 4.79 Å². The number of hydrogen-bond donors (Lipinski definition) is 2. The van der Waals surface area contributed by atoms with Crippen LogP contribution in [0.2, 0.25) is 0 Å². The summed E-state index contributed by atoms with van der Waals surface area (Å²) in [6.45, 7) is 3.87. The maximum Gasteiger partial charge on any atom is 0.326 e. The molecule has 23 heavy (non-hydrogen) atoms. The number of nitrogens with one attached hydrogen (secondary N) is 1. The van der Waals surface area contributed by atoms with Gasteiger partial charge in [-0.15, -0.1) is 0 Å². The van der Waals surface area contributed by atoms with Gasteiger partial charge in [0.05, 0.1) is 11.9 Å². The summed E-state index contributed by atoms with van der Waals surface area (Å²) in [5.74, 6) is -0.384. The number of rotatable bonds is 6. The van der Waals surface area contributed by atoms with Crippen LogP contribution in [0, 0.1) is 5.92 Å². The van der Waals surface area contributed by atoms with Crippen LogP contribution in [0.4, 0.5) is 5.69 Å². The van der Waals surface area contributed by atoms with Gasteiger partial charge in [-0.05, 0) is 40.4 Å². The number of nitrogens with zero attached hydrogens (tertiary/aromatic N) is 3. The molecule has 0 amide bonds. The van der Waals surface area contributed by atoms with E-state index in [1.165, 1.54) is 6.20 Å². The lowest BCUT2D eigenvalue weighted by Crippen LogP contribution is -2.32. The van der Waals surface area contributed by atoms with Gasteiger partial charge in [-0.1, -0.05) is 19.9 Å². The molecule has 0 saturated heterocycles. The Morgan fingerprint density at radius 3 is 2.74 bits per heavy atom. The van der Waals surface area contributed by atoms with Crippen LogP contribution in [-0.2, 0) is 4.79 Å². The second-order valence-electron chi connectivity index (χ2n) is 5.44. The molecule has 2 N–H and O–H groups in total. The fourth-order valence-corrected chi connectivity index (χ4v) is 2.44. The van der Waals surface area contributed by atoms with Gasteiger partial charge in [-0.25, -0.2) is 9.78 Å². The Hall–Kier alpha value is -2.22. The lowest BCUT2D eigenvalue weighted by atomic mass is 10.0. The lowest BCUT2D eigenvalue weighted by molar-refractivity contribution is -0.138. The smallest absolute Gasteiger partial charge is 0.326 e. The Bertz CT molecular complexity index is 746. The van der Waals surface area contributed by atoms with Gasteiger partial charge in [0.2, 0.25) is 0 Å². The Labute approximate surface area is 141 Å². The average Bonchev–Trinajstić information content (AvgIpc) is 2.51. The maximum atomic E-state index is 12.4. The zero-order valence-electron chi connectivity index (χ0n) is 12.7. The molecule has 0 aliphatic rings. The standard InChI is InChI=1S/C15H17BrN4O3/c1-9(2)7-10(15(22)23)19-11-8-18-20(14(21)13(11)16)12-5-3-4-6-17-12/h3-6,8-10,19H,7H2,1-2H3,(H,22,23).